The third kappa shape index (κ3) is 4.63. The maximum atomic E-state index is 10.8. The quantitative estimate of drug-likeness (QED) is 0.718. The van der Waals surface area contributed by atoms with Crippen molar-refractivity contribution in [2.45, 2.75) is 69.9 Å². The lowest BCUT2D eigenvalue weighted by molar-refractivity contribution is -0.144. The van der Waals surface area contributed by atoms with E-state index >= 15 is 0 Å². The number of benzene rings is 1. The molecule has 0 N–H and O–H groups in total. The molecule has 1 aromatic carbocycles. The van der Waals surface area contributed by atoms with Gasteiger partial charge < -0.3 is 23.7 Å². The molecule has 3 rings (SSSR count). The molecule has 0 radical (unpaired) electrons. The van der Waals surface area contributed by atoms with E-state index < -0.39 is 5.79 Å². The lowest BCUT2D eigenvalue weighted by Gasteiger charge is -2.23. The fourth-order valence-corrected chi connectivity index (χ4v) is 3.36. The molecule has 0 aliphatic carbocycles. The van der Waals surface area contributed by atoms with E-state index in [1.165, 1.54) is 0 Å². The number of hydrogen-bond acceptors (Lipinski definition) is 5. The van der Waals surface area contributed by atoms with E-state index in [9.17, 15) is 4.79 Å². The highest BCUT2D eigenvalue weighted by Gasteiger charge is 2.41. The number of carbonyl (C=O) groups excluding carboxylic acids is 1. The van der Waals surface area contributed by atoms with Crippen molar-refractivity contribution in [3.05, 3.63) is 35.9 Å². The normalized spacial score (nSPS) is 32.1. The predicted octanol–water partition coefficient (Wildman–Crippen LogP) is 2.86. The lowest BCUT2D eigenvalue weighted by atomic mass is 10.0. The zero-order chi connectivity index (χ0) is 17.0. The van der Waals surface area contributed by atoms with Crippen LogP contribution in [0.15, 0.2) is 30.3 Å². The average molecular weight is 334 g/mol. The van der Waals surface area contributed by atoms with Gasteiger partial charge in [-0.3, -0.25) is 0 Å². The first kappa shape index (κ1) is 17.5. The van der Waals surface area contributed by atoms with E-state index in [0.29, 0.717) is 19.6 Å². The third-order valence-electron chi connectivity index (χ3n) is 4.51. The van der Waals surface area contributed by atoms with E-state index in [-0.39, 0.29) is 24.4 Å². The molecular weight excluding hydrogens is 308 g/mol. The third-order valence-corrected chi connectivity index (χ3v) is 4.51. The van der Waals surface area contributed by atoms with Crippen molar-refractivity contribution in [2.24, 2.45) is 0 Å². The lowest BCUT2D eigenvalue weighted by Crippen LogP contribution is -2.30. The number of aldehydes is 1. The Labute approximate surface area is 143 Å². The van der Waals surface area contributed by atoms with Crippen LogP contribution >= 0.6 is 0 Å². The minimum Gasteiger partial charge on any atom is -0.372 e. The molecule has 1 aromatic rings. The Morgan fingerprint density at radius 2 is 2.04 bits per heavy atom. The smallest absolute Gasteiger partial charge is 0.163 e. The van der Waals surface area contributed by atoms with Crippen LogP contribution in [0.1, 0.15) is 38.7 Å². The van der Waals surface area contributed by atoms with Crippen molar-refractivity contribution in [3.63, 3.8) is 0 Å². The predicted molar refractivity (Wildman–Crippen MR) is 88.5 cm³/mol. The summed E-state index contributed by atoms with van der Waals surface area (Å²) in [5.41, 5.74) is 1.14. The molecule has 0 saturated carbocycles. The van der Waals surface area contributed by atoms with Gasteiger partial charge in [-0.1, -0.05) is 30.3 Å². The van der Waals surface area contributed by atoms with Gasteiger partial charge >= 0.3 is 0 Å². The van der Waals surface area contributed by atoms with Gasteiger partial charge in [0.1, 0.15) is 6.29 Å². The second kappa shape index (κ2) is 7.74. The van der Waals surface area contributed by atoms with Crippen LogP contribution in [-0.2, 0) is 30.3 Å². The molecule has 5 heteroatoms. The molecule has 2 aliphatic rings. The molecule has 2 heterocycles. The van der Waals surface area contributed by atoms with E-state index in [4.69, 9.17) is 18.9 Å². The summed E-state index contributed by atoms with van der Waals surface area (Å²) in [6.45, 7) is 4.95. The highest BCUT2D eigenvalue weighted by atomic mass is 16.7. The number of rotatable bonds is 7. The summed E-state index contributed by atoms with van der Waals surface area (Å²) in [4.78, 5) is 10.8. The van der Waals surface area contributed by atoms with Gasteiger partial charge in [0, 0.05) is 19.3 Å². The molecule has 0 unspecified atom stereocenters. The highest BCUT2D eigenvalue weighted by Crippen LogP contribution is 2.32. The van der Waals surface area contributed by atoms with Crippen molar-refractivity contribution < 1.29 is 23.7 Å². The van der Waals surface area contributed by atoms with Crippen LogP contribution in [0.4, 0.5) is 0 Å². The van der Waals surface area contributed by atoms with Crippen molar-refractivity contribution in [3.8, 4) is 0 Å². The molecule has 2 aliphatic heterocycles. The van der Waals surface area contributed by atoms with Gasteiger partial charge in [-0.25, -0.2) is 0 Å². The summed E-state index contributed by atoms with van der Waals surface area (Å²) in [5.74, 6) is -0.536. The first-order chi connectivity index (χ1) is 11.6. The van der Waals surface area contributed by atoms with E-state index in [1.54, 1.807) is 0 Å². The van der Waals surface area contributed by atoms with Crippen LogP contribution in [-0.4, -0.2) is 43.1 Å². The topological polar surface area (TPSA) is 54.0 Å². The molecule has 132 valence electrons. The van der Waals surface area contributed by atoms with Crippen LogP contribution < -0.4 is 0 Å². The summed E-state index contributed by atoms with van der Waals surface area (Å²) in [6.07, 6.45) is 2.63. The fourth-order valence-electron chi connectivity index (χ4n) is 3.36. The van der Waals surface area contributed by atoms with E-state index in [1.807, 2.05) is 44.2 Å². The Bertz CT molecular complexity index is 530. The SMILES string of the molecule is CC1(C)OC[C@@H](C[C@H]2O[C@@H](CC=O)C[C@H]2OCc2ccccc2)O1. The molecule has 5 nitrogen and oxygen atoms in total. The Hall–Kier alpha value is -1.27. The van der Waals surface area contributed by atoms with E-state index in [2.05, 4.69) is 0 Å². The minimum atomic E-state index is -0.536. The monoisotopic (exact) mass is 334 g/mol. The molecule has 24 heavy (non-hydrogen) atoms. The van der Waals surface area contributed by atoms with Crippen molar-refractivity contribution >= 4 is 6.29 Å². The maximum Gasteiger partial charge on any atom is 0.163 e. The Kier molecular flexibility index (Phi) is 5.66. The molecule has 4 atom stereocenters. The Morgan fingerprint density at radius 1 is 1.25 bits per heavy atom. The molecule has 0 amide bonds. The number of hydrogen-bond donors (Lipinski definition) is 0. The van der Waals surface area contributed by atoms with Crippen molar-refractivity contribution in [2.75, 3.05) is 6.61 Å². The summed E-state index contributed by atoms with van der Waals surface area (Å²) in [5, 5.41) is 0. The van der Waals surface area contributed by atoms with Crippen LogP contribution in [0.25, 0.3) is 0 Å². The summed E-state index contributed by atoms with van der Waals surface area (Å²) in [6, 6.07) is 10.1. The summed E-state index contributed by atoms with van der Waals surface area (Å²) >= 11 is 0. The van der Waals surface area contributed by atoms with Gasteiger partial charge in [-0.2, -0.15) is 0 Å². The molecule has 0 spiro atoms. The number of carbonyl (C=O) groups is 1. The standard InChI is InChI=1S/C19H26O5/c1-19(2)22-13-16(24-19)11-18-17(10-15(23-18)8-9-20)21-12-14-6-4-3-5-7-14/h3-7,9,15-18H,8,10-13H2,1-2H3/t15-,16+,17+,18+/m0/s1. The molecule has 0 aromatic heterocycles. The van der Waals surface area contributed by atoms with Crippen LogP contribution in [0, 0.1) is 0 Å². The van der Waals surface area contributed by atoms with Gasteiger partial charge in [0.15, 0.2) is 5.79 Å². The highest BCUT2D eigenvalue weighted by molar-refractivity contribution is 5.50. The maximum absolute atomic E-state index is 10.8. The zero-order valence-corrected chi connectivity index (χ0v) is 14.4. The summed E-state index contributed by atoms with van der Waals surface area (Å²) < 4.78 is 23.7. The van der Waals surface area contributed by atoms with Gasteiger partial charge in [-0.15, -0.1) is 0 Å². The van der Waals surface area contributed by atoms with Gasteiger partial charge in [0.25, 0.3) is 0 Å². The first-order valence-corrected chi connectivity index (χ1v) is 8.62. The summed E-state index contributed by atoms with van der Waals surface area (Å²) in [7, 11) is 0. The molecule has 0 bridgehead atoms. The minimum absolute atomic E-state index is 0.00260. The average Bonchev–Trinajstić information content (AvgIpc) is 3.09. The largest absolute Gasteiger partial charge is 0.372 e. The van der Waals surface area contributed by atoms with Crippen LogP contribution in [0.5, 0.6) is 0 Å². The van der Waals surface area contributed by atoms with E-state index in [0.717, 1.165) is 24.7 Å². The molecule has 2 saturated heterocycles. The second-order valence-corrected chi connectivity index (χ2v) is 6.96. The van der Waals surface area contributed by atoms with Crippen LogP contribution in [0.3, 0.4) is 0 Å². The van der Waals surface area contributed by atoms with Gasteiger partial charge in [0.2, 0.25) is 0 Å². The first-order valence-electron chi connectivity index (χ1n) is 8.62. The van der Waals surface area contributed by atoms with Gasteiger partial charge in [-0.05, 0) is 19.4 Å². The van der Waals surface area contributed by atoms with Crippen molar-refractivity contribution in [1.29, 1.82) is 0 Å². The Morgan fingerprint density at radius 3 is 2.71 bits per heavy atom. The number of ether oxygens (including phenoxy) is 4. The fraction of sp³-hybridized carbons (Fsp3) is 0.632. The Balaban J connectivity index is 1.57. The molecule has 2 fully saturated rings. The molecular formula is C19H26O5. The van der Waals surface area contributed by atoms with Crippen LogP contribution in [0.2, 0.25) is 0 Å². The van der Waals surface area contributed by atoms with Gasteiger partial charge in [0.05, 0.1) is 37.6 Å². The van der Waals surface area contributed by atoms with Crippen molar-refractivity contribution in [1.82, 2.24) is 0 Å². The second-order valence-electron chi connectivity index (χ2n) is 6.96. The zero-order valence-electron chi connectivity index (χ0n) is 14.4.